The van der Waals surface area contributed by atoms with Gasteiger partial charge < -0.3 is 4.74 Å². The van der Waals surface area contributed by atoms with E-state index in [0.717, 1.165) is 5.69 Å². The first kappa shape index (κ1) is 11.1. The average Bonchev–Trinajstić information content (AvgIpc) is 2.27. The largest absolute Gasteiger partial charge is 0.471 e. The molecule has 0 saturated heterocycles. The second-order valence-corrected chi connectivity index (χ2v) is 3.63. The van der Waals surface area contributed by atoms with Crippen molar-refractivity contribution in [1.82, 2.24) is 15.0 Å². The van der Waals surface area contributed by atoms with E-state index >= 15 is 0 Å². The van der Waals surface area contributed by atoms with E-state index in [2.05, 4.69) is 15.0 Å². The highest BCUT2D eigenvalue weighted by Crippen LogP contribution is 2.16. The zero-order chi connectivity index (χ0) is 11.4. The minimum absolute atomic E-state index is 0.0588. The summed E-state index contributed by atoms with van der Waals surface area (Å²) < 4.78 is 5.37. The van der Waals surface area contributed by atoms with E-state index < -0.39 is 0 Å². The summed E-state index contributed by atoms with van der Waals surface area (Å²) in [5.41, 5.74) is 0.799. The van der Waals surface area contributed by atoms with Gasteiger partial charge in [-0.2, -0.15) is 4.98 Å². The summed E-state index contributed by atoms with van der Waals surface area (Å²) in [6.07, 6.45) is 1.69. The Bertz CT molecular complexity index is 458. The molecular formula is C10H7Cl2N3O. The van der Waals surface area contributed by atoms with E-state index in [1.165, 1.54) is 6.07 Å². The number of aromatic nitrogens is 3. The smallest absolute Gasteiger partial charge is 0.227 e. The van der Waals surface area contributed by atoms with Crippen molar-refractivity contribution in [2.24, 2.45) is 0 Å². The topological polar surface area (TPSA) is 47.9 Å². The first-order valence-corrected chi connectivity index (χ1v) is 5.22. The van der Waals surface area contributed by atoms with Gasteiger partial charge in [0.15, 0.2) is 0 Å². The van der Waals surface area contributed by atoms with Crippen LogP contribution in [0.3, 0.4) is 0 Å². The number of halogens is 2. The summed E-state index contributed by atoms with van der Waals surface area (Å²) in [5.74, 6) is 0.329. The molecule has 0 aliphatic rings. The van der Waals surface area contributed by atoms with Crippen LogP contribution in [0.1, 0.15) is 5.69 Å². The third-order valence-electron chi connectivity index (χ3n) is 1.74. The lowest BCUT2D eigenvalue weighted by atomic mass is 10.4. The molecule has 0 aliphatic carbocycles. The number of hydrogen-bond donors (Lipinski definition) is 0. The van der Waals surface area contributed by atoms with Crippen LogP contribution in [0.15, 0.2) is 30.5 Å². The van der Waals surface area contributed by atoms with Crippen molar-refractivity contribution < 1.29 is 4.74 Å². The Hall–Kier alpha value is -1.39. The highest BCUT2D eigenvalue weighted by molar-refractivity contribution is 6.31. The zero-order valence-corrected chi connectivity index (χ0v) is 9.61. The van der Waals surface area contributed by atoms with Crippen LogP contribution in [-0.2, 0) is 6.61 Å². The highest BCUT2D eigenvalue weighted by Gasteiger charge is 2.02. The molecule has 2 aromatic rings. The van der Waals surface area contributed by atoms with Crippen molar-refractivity contribution >= 4 is 23.2 Å². The number of pyridine rings is 1. The van der Waals surface area contributed by atoms with Gasteiger partial charge in [0.2, 0.25) is 11.2 Å². The number of rotatable bonds is 3. The molecule has 0 unspecified atom stereocenters. The molecule has 0 fully saturated rings. The summed E-state index contributed by atoms with van der Waals surface area (Å²) in [6.45, 7) is 0.310. The van der Waals surface area contributed by atoms with Crippen LogP contribution >= 0.6 is 23.2 Å². The van der Waals surface area contributed by atoms with Crippen molar-refractivity contribution in [1.29, 1.82) is 0 Å². The Balaban J connectivity index is 2.05. The van der Waals surface area contributed by atoms with Crippen LogP contribution in [0.5, 0.6) is 5.88 Å². The Morgan fingerprint density at radius 1 is 1.19 bits per heavy atom. The first-order chi connectivity index (χ1) is 7.74. The van der Waals surface area contributed by atoms with Gasteiger partial charge in [0, 0.05) is 12.3 Å². The minimum Gasteiger partial charge on any atom is -0.471 e. The zero-order valence-electron chi connectivity index (χ0n) is 8.10. The lowest BCUT2D eigenvalue weighted by Crippen LogP contribution is -1.99. The fraction of sp³-hybridized carbons (Fsp3) is 0.100. The predicted molar refractivity (Wildman–Crippen MR) is 60.6 cm³/mol. The third-order valence-corrected chi connectivity index (χ3v) is 2.10. The molecule has 16 heavy (non-hydrogen) atoms. The lowest BCUT2D eigenvalue weighted by molar-refractivity contribution is 0.289. The van der Waals surface area contributed by atoms with Crippen LogP contribution in [-0.4, -0.2) is 15.0 Å². The van der Waals surface area contributed by atoms with Crippen molar-refractivity contribution in [2.75, 3.05) is 0 Å². The highest BCUT2D eigenvalue weighted by atomic mass is 35.5. The van der Waals surface area contributed by atoms with Crippen molar-refractivity contribution in [3.8, 4) is 5.88 Å². The summed E-state index contributed by atoms with van der Waals surface area (Å²) in [6, 6.07) is 7.06. The molecule has 0 bridgehead atoms. The molecule has 0 spiro atoms. The minimum atomic E-state index is 0.0588. The second kappa shape index (κ2) is 5.09. The monoisotopic (exact) mass is 255 g/mol. The van der Waals surface area contributed by atoms with E-state index in [0.29, 0.717) is 12.5 Å². The maximum atomic E-state index is 5.70. The number of hydrogen-bond acceptors (Lipinski definition) is 4. The normalized spacial score (nSPS) is 10.1. The number of ether oxygens (including phenoxy) is 1. The van der Waals surface area contributed by atoms with Crippen molar-refractivity contribution in [3.05, 3.63) is 46.6 Å². The van der Waals surface area contributed by atoms with E-state index in [-0.39, 0.29) is 10.4 Å². The maximum absolute atomic E-state index is 5.70. The van der Waals surface area contributed by atoms with Crippen LogP contribution in [0.4, 0.5) is 0 Å². The van der Waals surface area contributed by atoms with Crippen LogP contribution in [0.2, 0.25) is 10.4 Å². The molecule has 0 aromatic carbocycles. The fourth-order valence-corrected chi connectivity index (χ4v) is 1.47. The standard InChI is InChI=1S/C10H7Cl2N3O/c11-8-5-9(15-10(12)14-8)16-6-7-3-1-2-4-13-7/h1-5H,6H2. The summed E-state index contributed by atoms with van der Waals surface area (Å²) in [7, 11) is 0. The molecule has 82 valence electrons. The molecule has 0 saturated carbocycles. The van der Waals surface area contributed by atoms with E-state index in [9.17, 15) is 0 Å². The Morgan fingerprint density at radius 3 is 2.75 bits per heavy atom. The van der Waals surface area contributed by atoms with Crippen molar-refractivity contribution in [2.45, 2.75) is 6.61 Å². The van der Waals surface area contributed by atoms with E-state index in [1.807, 2.05) is 18.2 Å². The maximum Gasteiger partial charge on any atom is 0.227 e. The van der Waals surface area contributed by atoms with E-state index in [4.69, 9.17) is 27.9 Å². The Labute approximate surface area is 102 Å². The SMILES string of the molecule is Clc1cc(OCc2ccccn2)nc(Cl)n1. The van der Waals surface area contributed by atoms with Gasteiger partial charge in [0.1, 0.15) is 11.8 Å². The molecule has 0 radical (unpaired) electrons. The fourth-order valence-electron chi connectivity index (χ4n) is 1.08. The van der Waals surface area contributed by atoms with E-state index in [1.54, 1.807) is 6.20 Å². The lowest BCUT2D eigenvalue weighted by Gasteiger charge is -2.04. The quantitative estimate of drug-likeness (QED) is 0.625. The van der Waals surface area contributed by atoms with Gasteiger partial charge in [-0.25, -0.2) is 4.98 Å². The Kier molecular flexibility index (Phi) is 3.54. The molecule has 2 aromatic heterocycles. The summed E-state index contributed by atoms with van der Waals surface area (Å²) >= 11 is 11.3. The first-order valence-electron chi connectivity index (χ1n) is 4.47. The van der Waals surface area contributed by atoms with Gasteiger partial charge in [0.05, 0.1) is 5.69 Å². The predicted octanol–water partition coefficient (Wildman–Crippen LogP) is 2.76. The molecule has 4 nitrogen and oxygen atoms in total. The van der Waals surface area contributed by atoms with Crippen LogP contribution in [0, 0.1) is 0 Å². The van der Waals surface area contributed by atoms with Gasteiger partial charge in [-0.05, 0) is 23.7 Å². The second-order valence-electron chi connectivity index (χ2n) is 2.91. The Morgan fingerprint density at radius 2 is 2.06 bits per heavy atom. The molecule has 2 rings (SSSR count). The molecular weight excluding hydrogens is 249 g/mol. The van der Waals surface area contributed by atoms with Crippen LogP contribution < -0.4 is 4.74 Å². The van der Waals surface area contributed by atoms with Crippen molar-refractivity contribution in [3.63, 3.8) is 0 Å². The molecule has 0 amide bonds. The molecule has 6 heteroatoms. The van der Waals surface area contributed by atoms with Gasteiger partial charge in [-0.15, -0.1) is 0 Å². The molecule has 2 heterocycles. The van der Waals surface area contributed by atoms with Gasteiger partial charge >= 0.3 is 0 Å². The average molecular weight is 256 g/mol. The number of nitrogens with zero attached hydrogens (tertiary/aromatic N) is 3. The summed E-state index contributed by atoms with van der Waals surface area (Å²) in [5, 5.41) is 0.305. The van der Waals surface area contributed by atoms with Crippen LogP contribution in [0.25, 0.3) is 0 Å². The van der Waals surface area contributed by atoms with Gasteiger partial charge in [-0.1, -0.05) is 17.7 Å². The molecule has 0 atom stereocenters. The van der Waals surface area contributed by atoms with Gasteiger partial charge in [-0.3, -0.25) is 4.98 Å². The molecule has 0 aliphatic heterocycles. The molecule has 0 N–H and O–H groups in total. The third kappa shape index (κ3) is 3.05. The summed E-state index contributed by atoms with van der Waals surface area (Å²) in [4.78, 5) is 11.7. The van der Waals surface area contributed by atoms with Gasteiger partial charge in [0.25, 0.3) is 0 Å².